The van der Waals surface area contributed by atoms with Crippen molar-refractivity contribution < 1.29 is 14.3 Å². The van der Waals surface area contributed by atoms with E-state index in [0.717, 1.165) is 12.8 Å². The van der Waals surface area contributed by atoms with E-state index in [2.05, 4.69) is 4.98 Å². The van der Waals surface area contributed by atoms with Gasteiger partial charge < -0.3 is 9.47 Å². The van der Waals surface area contributed by atoms with E-state index in [-0.39, 0.29) is 11.9 Å². The van der Waals surface area contributed by atoms with Crippen LogP contribution < -0.4 is 4.74 Å². The van der Waals surface area contributed by atoms with Gasteiger partial charge in [-0.2, -0.15) is 0 Å². The highest BCUT2D eigenvalue weighted by atomic mass is 16.5. The normalized spacial score (nSPS) is 17.7. The van der Waals surface area contributed by atoms with E-state index < -0.39 is 0 Å². The molecule has 0 aliphatic heterocycles. The minimum Gasteiger partial charge on any atom is -0.495 e. The maximum atomic E-state index is 12.7. The quantitative estimate of drug-likeness (QED) is 0.749. The van der Waals surface area contributed by atoms with Gasteiger partial charge in [-0.3, -0.25) is 9.78 Å². The number of carbonyl (C=O) groups excluding carboxylic acids is 1. The Hall–Kier alpha value is -1.42. The summed E-state index contributed by atoms with van der Waals surface area (Å²) < 4.78 is 10.9. The lowest BCUT2D eigenvalue weighted by atomic mass is 9.82. The Bertz CT molecular complexity index is 441. The summed E-state index contributed by atoms with van der Waals surface area (Å²) in [7, 11) is 1.58. The van der Waals surface area contributed by atoms with Crippen LogP contribution in [0.25, 0.3) is 0 Å². The minimum atomic E-state index is -0.339. The predicted molar refractivity (Wildman–Crippen MR) is 77.1 cm³/mol. The van der Waals surface area contributed by atoms with Gasteiger partial charge in [-0.25, -0.2) is 0 Å². The lowest BCUT2D eigenvalue weighted by Gasteiger charge is -2.29. The second kappa shape index (κ2) is 7.39. The van der Waals surface area contributed by atoms with E-state index in [4.69, 9.17) is 9.47 Å². The lowest BCUT2D eigenvalue weighted by molar-refractivity contribution is 0.0126. The van der Waals surface area contributed by atoms with Crippen LogP contribution in [-0.2, 0) is 4.74 Å². The number of Topliss-reactive ketones (excluding diaryl/α,β-unsaturated/α-hetero) is 1. The van der Waals surface area contributed by atoms with Gasteiger partial charge in [0.2, 0.25) is 0 Å². The monoisotopic (exact) mass is 277 g/mol. The summed E-state index contributed by atoms with van der Waals surface area (Å²) in [6, 6.07) is 1.74. The number of aromatic nitrogens is 1. The zero-order valence-electron chi connectivity index (χ0n) is 12.3. The number of nitrogens with zero attached hydrogens (tertiary/aromatic N) is 1. The maximum Gasteiger partial charge on any atom is 0.193 e. The molecule has 1 aliphatic carbocycles. The highest BCUT2D eigenvalue weighted by Crippen LogP contribution is 2.30. The SMILES string of the molecule is CCOC(C(=O)c1cncc(OC)c1)C1CCCCC1. The molecule has 1 saturated carbocycles. The first kappa shape index (κ1) is 15.0. The van der Waals surface area contributed by atoms with Crippen LogP contribution in [0.3, 0.4) is 0 Å². The van der Waals surface area contributed by atoms with Crippen molar-refractivity contribution in [2.24, 2.45) is 5.92 Å². The van der Waals surface area contributed by atoms with E-state index in [1.807, 2.05) is 6.92 Å². The van der Waals surface area contributed by atoms with Gasteiger partial charge in [0.25, 0.3) is 0 Å². The van der Waals surface area contributed by atoms with Gasteiger partial charge in [-0.1, -0.05) is 19.3 Å². The number of carbonyl (C=O) groups is 1. The second-order valence-corrected chi connectivity index (χ2v) is 5.25. The summed E-state index contributed by atoms with van der Waals surface area (Å²) in [6.45, 7) is 2.50. The van der Waals surface area contributed by atoms with Crippen LogP contribution in [-0.4, -0.2) is 30.6 Å². The molecule has 4 heteroatoms. The maximum absolute atomic E-state index is 12.7. The molecule has 0 radical (unpaired) electrons. The van der Waals surface area contributed by atoms with E-state index >= 15 is 0 Å². The van der Waals surface area contributed by atoms with Gasteiger partial charge in [-0.15, -0.1) is 0 Å². The van der Waals surface area contributed by atoms with E-state index in [9.17, 15) is 4.79 Å². The summed E-state index contributed by atoms with van der Waals surface area (Å²) in [5.41, 5.74) is 0.577. The molecule has 1 heterocycles. The standard InChI is InChI=1S/C16H23NO3/c1-3-20-16(12-7-5-4-6-8-12)15(18)13-9-14(19-2)11-17-10-13/h9-12,16H,3-8H2,1-2H3. The first-order valence-corrected chi connectivity index (χ1v) is 7.41. The van der Waals surface area contributed by atoms with Crippen LogP contribution >= 0.6 is 0 Å². The molecule has 0 saturated heterocycles. The number of pyridine rings is 1. The molecule has 1 aromatic rings. The van der Waals surface area contributed by atoms with E-state index in [1.165, 1.54) is 19.3 Å². The number of ether oxygens (including phenoxy) is 2. The fourth-order valence-electron chi connectivity index (χ4n) is 2.87. The molecule has 110 valence electrons. The topological polar surface area (TPSA) is 48.4 Å². The van der Waals surface area contributed by atoms with Crippen molar-refractivity contribution in [2.75, 3.05) is 13.7 Å². The predicted octanol–water partition coefficient (Wildman–Crippen LogP) is 3.26. The van der Waals surface area contributed by atoms with E-state index in [0.29, 0.717) is 23.8 Å². The van der Waals surface area contributed by atoms with Gasteiger partial charge >= 0.3 is 0 Å². The number of ketones is 1. The number of methoxy groups -OCH3 is 1. The lowest BCUT2D eigenvalue weighted by Crippen LogP contribution is -2.34. The summed E-state index contributed by atoms with van der Waals surface area (Å²) in [5.74, 6) is 0.974. The van der Waals surface area contributed by atoms with Gasteiger partial charge in [0.05, 0.1) is 13.3 Å². The largest absolute Gasteiger partial charge is 0.495 e. The Kier molecular flexibility index (Phi) is 5.53. The molecule has 2 rings (SSSR count). The first-order chi connectivity index (χ1) is 9.76. The third kappa shape index (κ3) is 3.57. The van der Waals surface area contributed by atoms with Crippen LogP contribution in [0.15, 0.2) is 18.5 Å². The fourth-order valence-corrected chi connectivity index (χ4v) is 2.87. The fraction of sp³-hybridized carbons (Fsp3) is 0.625. The van der Waals surface area contributed by atoms with Gasteiger partial charge in [0.15, 0.2) is 5.78 Å². The Morgan fingerprint density at radius 3 is 2.75 bits per heavy atom. The highest BCUT2D eigenvalue weighted by Gasteiger charge is 2.31. The molecular formula is C16H23NO3. The molecule has 1 unspecified atom stereocenters. The molecule has 1 atom stereocenters. The molecule has 1 fully saturated rings. The van der Waals surface area contributed by atoms with Crippen LogP contribution in [0, 0.1) is 5.92 Å². The molecule has 1 aromatic heterocycles. The molecule has 0 amide bonds. The zero-order valence-corrected chi connectivity index (χ0v) is 12.3. The zero-order chi connectivity index (χ0) is 14.4. The average Bonchev–Trinajstić information content (AvgIpc) is 2.53. The van der Waals surface area contributed by atoms with Crippen molar-refractivity contribution in [3.8, 4) is 5.75 Å². The average molecular weight is 277 g/mol. The Morgan fingerprint density at radius 2 is 2.10 bits per heavy atom. The third-order valence-corrected chi connectivity index (χ3v) is 3.92. The Morgan fingerprint density at radius 1 is 1.35 bits per heavy atom. The second-order valence-electron chi connectivity index (χ2n) is 5.25. The third-order valence-electron chi connectivity index (χ3n) is 3.92. The molecule has 4 nitrogen and oxygen atoms in total. The van der Waals surface area contributed by atoms with Crippen LogP contribution in [0.4, 0.5) is 0 Å². The highest BCUT2D eigenvalue weighted by molar-refractivity contribution is 5.99. The van der Waals surface area contributed by atoms with Crippen LogP contribution in [0.1, 0.15) is 49.4 Å². The van der Waals surface area contributed by atoms with Crippen molar-refractivity contribution in [1.29, 1.82) is 0 Å². The summed E-state index contributed by atoms with van der Waals surface area (Å²) in [4.78, 5) is 16.7. The Labute approximate surface area is 120 Å². The van der Waals surface area contributed by atoms with Crippen molar-refractivity contribution in [2.45, 2.75) is 45.1 Å². The molecule has 0 N–H and O–H groups in total. The van der Waals surface area contributed by atoms with Gasteiger partial charge in [-0.05, 0) is 31.7 Å². The van der Waals surface area contributed by atoms with Gasteiger partial charge in [0, 0.05) is 18.4 Å². The van der Waals surface area contributed by atoms with Crippen molar-refractivity contribution >= 4 is 5.78 Å². The summed E-state index contributed by atoms with van der Waals surface area (Å²) >= 11 is 0. The summed E-state index contributed by atoms with van der Waals surface area (Å²) in [5, 5.41) is 0. The number of hydrogen-bond acceptors (Lipinski definition) is 4. The Balaban J connectivity index is 2.16. The molecule has 0 spiro atoms. The van der Waals surface area contributed by atoms with Crippen LogP contribution in [0.5, 0.6) is 5.75 Å². The molecule has 1 aliphatic rings. The first-order valence-electron chi connectivity index (χ1n) is 7.41. The number of rotatable bonds is 6. The van der Waals surface area contributed by atoms with E-state index in [1.54, 1.807) is 25.6 Å². The van der Waals surface area contributed by atoms with Gasteiger partial charge in [0.1, 0.15) is 11.9 Å². The molecule has 0 aromatic carbocycles. The minimum absolute atomic E-state index is 0.0325. The summed E-state index contributed by atoms with van der Waals surface area (Å²) in [6.07, 6.45) is 8.67. The smallest absolute Gasteiger partial charge is 0.193 e. The van der Waals surface area contributed by atoms with Crippen molar-refractivity contribution in [1.82, 2.24) is 4.98 Å². The molecular weight excluding hydrogens is 254 g/mol. The van der Waals surface area contributed by atoms with Crippen molar-refractivity contribution in [3.05, 3.63) is 24.0 Å². The number of hydrogen-bond donors (Lipinski definition) is 0. The molecule has 0 bridgehead atoms. The van der Waals surface area contributed by atoms with Crippen LogP contribution in [0.2, 0.25) is 0 Å². The molecule has 20 heavy (non-hydrogen) atoms. The van der Waals surface area contributed by atoms with Crippen molar-refractivity contribution in [3.63, 3.8) is 0 Å².